The van der Waals surface area contributed by atoms with Crippen molar-refractivity contribution in [3.05, 3.63) is 18.7 Å². The SMILES string of the molecule is CCC(C)n1ccnc1.O=S(=O)(O)O. The van der Waals surface area contributed by atoms with E-state index in [-0.39, 0.29) is 0 Å². The minimum Gasteiger partial charge on any atom is -0.335 e. The lowest BCUT2D eigenvalue weighted by atomic mass is 10.3. The lowest BCUT2D eigenvalue weighted by Crippen LogP contribution is -1.99. The molecule has 1 aromatic rings. The maximum absolute atomic E-state index is 8.74. The van der Waals surface area contributed by atoms with Crippen molar-refractivity contribution in [2.24, 2.45) is 0 Å². The van der Waals surface area contributed by atoms with Gasteiger partial charge in [0.1, 0.15) is 0 Å². The molecule has 0 saturated carbocycles. The van der Waals surface area contributed by atoms with Crippen LogP contribution in [-0.2, 0) is 10.4 Å². The molecular formula is C7H14N2O4S. The summed E-state index contributed by atoms with van der Waals surface area (Å²) < 4.78 is 33.7. The van der Waals surface area contributed by atoms with Gasteiger partial charge >= 0.3 is 10.4 Å². The molecule has 14 heavy (non-hydrogen) atoms. The van der Waals surface area contributed by atoms with Gasteiger partial charge in [-0.2, -0.15) is 8.42 Å². The molecule has 1 atom stereocenters. The Labute approximate surface area is 83.2 Å². The van der Waals surface area contributed by atoms with Crippen LogP contribution >= 0.6 is 0 Å². The molecule has 0 radical (unpaired) electrons. The zero-order valence-electron chi connectivity index (χ0n) is 8.03. The molecule has 0 aliphatic heterocycles. The van der Waals surface area contributed by atoms with E-state index >= 15 is 0 Å². The number of rotatable bonds is 2. The summed E-state index contributed by atoms with van der Waals surface area (Å²) in [5.74, 6) is 0. The first-order chi connectivity index (χ1) is 6.34. The van der Waals surface area contributed by atoms with Crippen molar-refractivity contribution in [3.63, 3.8) is 0 Å². The fourth-order valence-electron chi connectivity index (χ4n) is 0.741. The van der Waals surface area contributed by atoms with Gasteiger partial charge in [-0.15, -0.1) is 0 Å². The molecular weight excluding hydrogens is 208 g/mol. The molecule has 0 bridgehead atoms. The highest BCUT2D eigenvalue weighted by Gasteiger charge is 1.96. The molecule has 1 unspecified atom stereocenters. The topological polar surface area (TPSA) is 92.4 Å². The van der Waals surface area contributed by atoms with Crippen LogP contribution in [0.2, 0.25) is 0 Å². The third-order valence-electron chi connectivity index (χ3n) is 1.62. The highest BCUT2D eigenvalue weighted by atomic mass is 32.3. The van der Waals surface area contributed by atoms with Crippen molar-refractivity contribution in [1.29, 1.82) is 0 Å². The zero-order valence-corrected chi connectivity index (χ0v) is 8.85. The Morgan fingerprint density at radius 3 is 2.29 bits per heavy atom. The standard InChI is InChI=1S/C7H12N2.H2O4S/c1-3-7(2)9-5-4-8-6-9;1-5(2,3)4/h4-7H,3H2,1-2H3;(H2,1,2,3,4). The Morgan fingerprint density at radius 1 is 1.50 bits per heavy atom. The van der Waals surface area contributed by atoms with Gasteiger partial charge in [0, 0.05) is 18.4 Å². The molecule has 7 heteroatoms. The second-order valence-corrected chi connectivity index (χ2v) is 3.61. The smallest absolute Gasteiger partial charge is 0.335 e. The van der Waals surface area contributed by atoms with E-state index in [1.165, 1.54) is 0 Å². The first kappa shape index (κ1) is 13.1. The normalized spacial score (nSPS) is 12.9. The van der Waals surface area contributed by atoms with Crippen molar-refractivity contribution < 1.29 is 17.5 Å². The minimum atomic E-state index is -4.67. The Morgan fingerprint density at radius 2 is 2.00 bits per heavy atom. The Kier molecular flexibility index (Phi) is 5.36. The molecule has 82 valence electrons. The third-order valence-corrected chi connectivity index (χ3v) is 1.62. The first-order valence-electron chi connectivity index (χ1n) is 4.02. The molecule has 0 aliphatic carbocycles. The zero-order chi connectivity index (χ0) is 11.2. The van der Waals surface area contributed by atoms with Gasteiger partial charge in [0.15, 0.2) is 0 Å². The molecule has 0 aliphatic rings. The highest BCUT2D eigenvalue weighted by molar-refractivity contribution is 7.79. The molecule has 2 N–H and O–H groups in total. The van der Waals surface area contributed by atoms with Crippen LogP contribution in [0.4, 0.5) is 0 Å². The fraction of sp³-hybridized carbons (Fsp3) is 0.571. The maximum atomic E-state index is 8.74. The van der Waals surface area contributed by atoms with E-state index in [0.717, 1.165) is 6.42 Å². The van der Waals surface area contributed by atoms with Crippen LogP contribution in [0.1, 0.15) is 26.3 Å². The number of nitrogens with zero attached hydrogens (tertiary/aromatic N) is 2. The highest BCUT2D eigenvalue weighted by Crippen LogP contribution is 2.06. The van der Waals surface area contributed by atoms with E-state index in [4.69, 9.17) is 17.5 Å². The maximum Gasteiger partial charge on any atom is 0.394 e. The molecule has 0 amide bonds. The van der Waals surface area contributed by atoms with E-state index in [9.17, 15) is 0 Å². The number of hydrogen-bond acceptors (Lipinski definition) is 3. The number of imidazole rings is 1. The van der Waals surface area contributed by atoms with Gasteiger partial charge < -0.3 is 4.57 Å². The van der Waals surface area contributed by atoms with Crippen molar-refractivity contribution >= 4 is 10.4 Å². The first-order valence-corrected chi connectivity index (χ1v) is 5.41. The van der Waals surface area contributed by atoms with E-state index in [1.807, 2.05) is 18.7 Å². The summed E-state index contributed by atoms with van der Waals surface area (Å²) in [5, 5.41) is 0. The molecule has 6 nitrogen and oxygen atoms in total. The van der Waals surface area contributed by atoms with Crippen molar-refractivity contribution in [1.82, 2.24) is 9.55 Å². The van der Waals surface area contributed by atoms with Gasteiger partial charge in [0.25, 0.3) is 0 Å². The summed E-state index contributed by atoms with van der Waals surface area (Å²) >= 11 is 0. The van der Waals surface area contributed by atoms with E-state index in [0.29, 0.717) is 6.04 Å². The summed E-state index contributed by atoms with van der Waals surface area (Å²) in [6, 6.07) is 0.590. The minimum absolute atomic E-state index is 0.590. The Balaban J connectivity index is 0.000000292. The van der Waals surface area contributed by atoms with Crippen LogP contribution in [0.15, 0.2) is 18.7 Å². The number of hydrogen-bond donors (Lipinski definition) is 2. The van der Waals surface area contributed by atoms with Crippen molar-refractivity contribution in [2.75, 3.05) is 0 Å². The van der Waals surface area contributed by atoms with E-state index in [1.54, 1.807) is 0 Å². The van der Waals surface area contributed by atoms with Gasteiger partial charge in [-0.3, -0.25) is 9.11 Å². The molecule has 1 aromatic heterocycles. The number of aromatic nitrogens is 2. The average molecular weight is 222 g/mol. The van der Waals surface area contributed by atoms with Crippen LogP contribution < -0.4 is 0 Å². The summed E-state index contributed by atoms with van der Waals surface area (Å²) in [6.45, 7) is 4.35. The molecule has 0 saturated heterocycles. The van der Waals surface area contributed by atoms with Gasteiger partial charge in [0.2, 0.25) is 0 Å². The van der Waals surface area contributed by atoms with Gasteiger partial charge in [-0.1, -0.05) is 6.92 Å². The summed E-state index contributed by atoms with van der Waals surface area (Å²) in [4.78, 5) is 3.95. The third kappa shape index (κ3) is 7.71. The predicted octanol–water partition coefficient (Wildman–Crippen LogP) is 1.20. The molecule has 0 aromatic carbocycles. The summed E-state index contributed by atoms with van der Waals surface area (Å²) in [5.41, 5.74) is 0. The molecule has 1 rings (SSSR count). The second kappa shape index (κ2) is 5.74. The van der Waals surface area contributed by atoms with Crippen LogP contribution in [0.25, 0.3) is 0 Å². The largest absolute Gasteiger partial charge is 0.394 e. The average Bonchev–Trinajstić information content (AvgIpc) is 2.51. The monoisotopic (exact) mass is 222 g/mol. The predicted molar refractivity (Wildman–Crippen MR) is 51.4 cm³/mol. The summed E-state index contributed by atoms with van der Waals surface area (Å²) in [6.07, 6.45) is 6.82. The van der Waals surface area contributed by atoms with Crippen LogP contribution in [0.5, 0.6) is 0 Å². The van der Waals surface area contributed by atoms with Crippen LogP contribution in [0, 0.1) is 0 Å². The van der Waals surface area contributed by atoms with Gasteiger partial charge in [0.05, 0.1) is 6.33 Å². The van der Waals surface area contributed by atoms with E-state index in [2.05, 4.69) is 23.4 Å². The van der Waals surface area contributed by atoms with Crippen molar-refractivity contribution in [3.8, 4) is 0 Å². The Hall–Kier alpha value is -0.920. The fourth-order valence-corrected chi connectivity index (χ4v) is 0.741. The van der Waals surface area contributed by atoms with Crippen molar-refractivity contribution in [2.45, 2.75) is 26.3 Å². The second-order valence-electron chi connectivity index (χ2n) is 2.72. The quantitative estimate of drug-likeness (QED) is 0.733. The van der Waals surface area contributed by atoms with Crippen LogP contribution in [-0.4, -0.2) is 27.1 Å². The lowest BCUT2D eigenvalue weighted by Gasteiger charge is -2.07. The van der Waals surface area contributed by atoms with Gasteiger partial charge in [-0.25, -0.2) is 4.98 Å². The van der Waals surface area contributed by atoms with E-state index < -0.39 is 10.4 Å². The molecule has 1 heterocycles. The Bertz CT molecular complexity index is 325. The molecule has 0 spiro atoms. The molecule has 0 fully saturated rings. The lowest BCUT2D eigenvalue weighted by molar-refractivity contribution is 0.381. The van der Waals surface area contributed by atoms with Gasteiger partial charge in [-0.05, 0) is 13.3 Å². The summed E-state index contributed by atoms with van der Waals surface area (Å²) in [7, 11) is -4.67. The van der Waals surface area contributed by atoms with Crippen LogP contribution in [0.3, 0.4) is 0 Å².